The van der Waals surface area contributed by atoms with Gasteiger partial charge in [-0.25, -0.2) is 0 Å². The van der Waals surface area contributed by atoms with Crippen LogP contribution in [-0.4, -0.2) is 12.9 Å². The fourth-order valence-electron chi connectivity index (χ4n) is 1.82. The van der Waals surface area contributed by atoms with Crippen molar-refractivity contribution in [3.63, 3.8) is 0 Å². The van der Waals surface area contributed by atoms with Crippen LogP contribution in [0.3, 0.4) is 0 Å². The summed E-state index contributed by atoms with van der Waals surface area (Å²) < 4.78 is 5.40. The van der Waals surface area contributed by atoms with Gasteiger partial charge in [0.1, 0.15) is 12.0 Å². The number of rotatable bonds is 5. The molecule has 92 valence electrons. The van der Waals surface area contributed by atoms with Crippen LogP contribution in [0.4, 0.5) is 0 Å². The van der Waals surface area contributed by atoms with Gasteiger partial charge in [-0.3, -0.25) is 4.79 Å². The Balaban J connectivity index is 2.05. The van der Waals surface area contributed by atoms with Gasteiger partial charge in [0.05, 0.1) is 6.61 Å². The minimum absolute atomic E-state index is 0.687. The second kappa shape index (κ2) is 6.01. The summed E-state index contributed by atoms with van der Waals surface area (Å²) in [6, 6.07) is 15.8. The van der Waals surface area contributed by atoms with Crippen molar-refractivity contribution in [2.75, 3.05) is 6.61 Å². The Kier molecular flexibility index (Phi) is 4.13. The summed E-state index contributed by atoms with van der Waals surface area (Å²) in [5, 5.41) is 0. The highest BCUT2D eigenvalue weighted by molar-refractivity contribution is 5.74. The number of hydrogen-bond donors (Lipinski definition) is 0. The van der Waals surface area contributed by atoms with E-state index in [1.165, 1.54) is 11.1 Å². The molecule has 0 spiro atoms. The van der Waals surface area contributed by atoms with Gasteiger partial charge in [0.25, 0.3) is 0 Å². The van der Waals surface area contributed by atoms with Gasteiger partial charge in [0.15, 0.2) is 0 Å². The first-order chi connectivity index (χ1) is 8.81. The van der Waals surface area contributed by atoms with Crippen molar-refractivity contribution in [2.45, 2.75) is 13.3 Å². The van der Waals surface area contributed by atoms with Gasteiger partial charge < -0.3 is 4.74 Å². The van der Waals surface area contributed by atoms with Crippen molar-refractivity contribution in [2.24, 2.45) is 0 Å². The Morgan fingerprint density at radius 3 is 2.00 bits per heavy atom. The largest absolute Gasteiger partial charge is 0.494 e. The van der Waals surface area contributed by atoms with Crippen LogP contribution in [0.15, 0.2) is 48.5 Å². The zero-order valence-corrected chi connectivity index (χ0v) is 10.4. The van der Waals surface area contributed by atoms with Gasteiger partial charge >= 0.3 is 0 Å². The van der Waals surface area contributed by atoms with Gasteiger partial charge in [-0.1, -0.05) is 36.4 Å². The molecule has 0 aromatic heterocycles. The minimum Gasteiger partial charge on any atom is -0.494 e. The molecule has 0 saturated carbocycles. The summed E-state index contributed by atoms with van der Waals surface area (Å²) in [7, 11) is 0. The van der Waals surface area contributed by atoms with E-state index in [9.17, 15) is 4.79 Å². The van der Waals surface area contributed by atoms with Crippen LogP contribution in [-0.2, 0) is 6.42 Å². The first kappa shape index (κ1) is 12.4. The van der Waals surface area contributed by atoms with Crippen LogP contribution >= 0.6 is 0 Å². The van der Waals surface area contributed by atoms with Crippen molar-refractivity contribution >= 4 is 6.29 Å². The van der Waals surface area contributed by atoms with Crippen molar-refractivity contribution < 1.29 is 9.53 Å². The Hall–Kier alpha value is -2.09. The predicted molar refractivity (Wildman–Crippen MR) is 72.2 cm³/mol. The van der Waals surface area contributed by atoms with Gasteiger partial charge in [-0.15, -0.1) is 0 Å². The molecule has 0 atom stereocenters. The molecule has 0 radical (unpaired) electrons. The molecule has 0 unspecified atom stereocenters. The molecule has 2 heteroatoms. The van der Waals surface area contributed by atoms with E-state index in [0.29, 0.717) is 12.2 Å². The van der Waals surface area contributed by atoms with E-state index in [1.807, 2.05) is 43.3 Å². The molecule has 0 heterocycles. The number of aldehydes is 1. The predicted octanol–water partition coefficient (Wildman–Crippen LogP) is 3.49. The highest BCUT2D eigenvalue weighted by Crippen LogP contribution is 2.15. The molecule has 0 amide bonds. The normalized spacial score (nSPS) is 10.1. The van der Waals surface area contributed by atoms with Crippen LogP contribution in [0.2, 0.25) is 0 Å². The number of carbonyl (C=O) groups excluding carboxylic acids is 1. The monoisotopic (exact) mass is 240 g/mol. The first-order valence-electron chi connectivity index (χ1n) is 6.07. The van der Waals surface area contributed by atoms with Crippen LogP contribution in [0.5, 0.6) is 5.75 Å². The molecule has 0 aliphatic heterocycles. The minimum atomic E-state index is 0.687. The molecule has 2 rings (SSSR count). The summed E-state index contributed by atoms with van der Waals surface area (Å²) in [5.74, 6) is 0.901. The molecule has 0 bridgehead atoms. The van der Waals surface area contributed by atoms with E-state index in [0.717, 1.165) is 18.5 Å². The zero-order valence-electron chi connectivity index (χ0n) is 10.4. The Morgan fingerprint density at radius 2 is 1.50 bits per heavy atom. The SMILES string of the molecule is CCOc1ccc(Cc2ccc(C=O)cc2)cc1. The summed E-state index contributed by atoms with van der Waals surface area (Å²) in [4.78, 5) is 10.6. The summed E-state index contributed by atoms with van der Waals surface area (Å²) in [6.45, 7) is 2.66. The van der Waals surface area contributed by atoms with Crippen molar-refractivity contribution in [1.82, 2.24) is 0 Å². The van der Waals surface area contributed by atoms with Crippen molar-refractivity contribution in [3.8, 4) is 5.75 Å². The van der Waals surface area contributed by atoms with Crippen LogP contribution < -0.4 is 4.74 Å². The average Bonchev–Trinajstić information content (AvgIpc) is 2.42. The van der Waals surface area contributed by atoms with Gasteiger partial charge in [-0.05, 0) is 36.6 Å². The molecule has 0 aliphatic rings. The third-order valence-electron chi connectivity index (χ3n) is 2.76. The third kappa shape index (κ3) is 3.20. The number of benzene rings is 2. The quantitative estimate of drug-likeness (QED) is 0.748. The van der Waals surface area contributed by atoms with Crippen LogP contribution in [0.25, 0.3) is 0 Å². The summed E-state index contributed by atoms with van der Waals surface area (Å²) in [5.41, 5.74) is 3.15. The lowest BCUT2D eigenvalue weighted by molar-refractivity contribution is 0.112. The van der Waals surface area contributed by atoms with Crippen molar-refractivity contribution in [1.29, 1.82) is 0 Å². The maximum atomic E-state index is 10.6. The maximum absolute atomic E-state index is 10.6. The topological polar surface area (TPSA) is 26.3 Å². The number of hydrogen-bond acceptors (Lipinski definition) is 2. The maximum Gasteiger partial charge on any atom is 0.150 e. The molecule has 0 fully saturated rings. The van der Waals surface area contributed by atoms with E-state index in [1.54, 1.807) is 0 Å². The molecule has 2 aromatic carbocycles. The van der Waals surface area contributed by atoms with E-state index in [2.05, 4.69) is 12.1 Å². The fraction of sp³-hybridized carbons (Fsp3) is 0.188. The standard InChI is InChI=1S/C16H16O2/c1-2-18-16-9-7-14(8-10-16)11-13-3-5-15(12-17)6-4-13/h3-10,12H,2,11H2,1H3. The summed E-state index contributed by atoms with van der Waals surface area (Å²) >= 11 is 0. The molecule has 2 nitrogen and oxygen atoms in total. The van der Waals surface area contributed by atoms with E-state index < -0.39 is 0 Å². The molecule has 0 aliphatic carbocycles. The van der Waals surface area contributed by atoms with E-state index >= 15 is 0 Å². The molecule has 2 aromatic rings. The first-order valence-corrected chi connectivity index (χ1v) is 6.07. The second-order valence-corrected chi connectivity index (χ2v) is 4.11. The third-order valence-corrected chi connectivity index (χ3v) is 2.76. The highest BCUT2D eigenvalue weighted by atomic mass is 16.5. The molecular weight excluding hydrogens is 224 g/mol. The van der Waals surface area contributed by atoms with E-state index in [4.69, 9.17) is 4.74 Å². The number of ether oxygens (including phenoxy) is 1. The molecular formula is C16H16O2. The molecule has 18 heavy (non-hydrogen) atoms. The zero-order chi connectivity index (χ0) is 12.8. The average molecular weight is 240 g/mol. The highest BCUT2D eigenvalue weighted by Gasteiger charge is 1.98. The number of carbonyl (C=O) groups is 1. The molecule has 0 saturated heterocycles. The summed E-state index contributed by atoms with van der Waals surface area (Å²) in [6.07, 6.45) is 1.73. The Morgan fingerprint density at radius 1 is 0.944 bits per heavy atom. The van der Waals surface area contributed by atoms with Gasteiger partial charge in [-0.2, -0.15) is 0 Å². The second-order valence-electron chi connectivity index (χ2n) is 4.11. The lowest BCUT2D eigenvalue weighted by Gasteiger charge is -2.05. The van der Waals surface area contributed by atoms with Crippen LogP contribution in [0.1, 0.15) is 28.4 Å². The lowest BCUT2D eigenvalue weighted by atomic mass is 10.0. The smallest absolute Gasteiger partial charge is 0.150 e. The Labute approximate surface area is 107 Å². The lowest BCUT2D eigenvalue weighted by Crippen LogP contribution is -1.92. The van der Waals surface area contributed by atoms with Crippen LogP contribution in [0, 0.1) is 0 Å². The van der Waals surface area contributed by atoms with Gasteiger partial charge in [0.2, 0.25) is 0 Å². The van der Waals surface area contributed by atoms with E-state index in [-0.39, 0.29) is 0 Å². The Bertz CT molecular complexity index is 498. The fourth-order valence-corrected chi connectivity index (χ4v) is 1.82. The van der Waals surface area contributed by atoms with Crippen molar-refractivity contribution in [3.05, 3.63) is 65.2 Å². The van der Waals surface area contributed by atoms with Gasteiger partial charge in [0, 0.05) is 5.56 Å². The molecule has 0 N–H and O–H groups in total.